The third kappa shape index (κ3) is 4.85. The van der Waals surface area contributed by atoms with Gasteiger partial charge in [-0.25, -0.2) is 18.0 Å². The van der Waals surface area contributed by atoms with Gasteiger partial charge < -0.3 is 14.8 Å². The van der Waals surface area contributed by atoms with E-state index in [4.69, 9.17) is 4.74 Å². The van der Waals surface area contributed by atoms with Gasteiger partial charge in [-0.05, 0) is 55.3 Å². The van der Waals surface area contributed by atoms with Crippen molar-refractivity contribution < 1.29 is 32.3 Å². The van der Waals surface area contributed by atoms with Gasteiger partial charge in [-0.3, -0.25) is 9.10 Å². The van der Waals surface area contributed by atoms with Crippen LogP contribution in [-0.4, -0.2) is 52.8 Å². The topological polar surface area (TPSA) is 119 Å². The maximum Gasteiger partial charge on any atom is 0.339 e. The summed E-state index contributed by atoms with van der Waals surface area (Å²) in [6.07, 6.45) is 1.40. The van der Waals surface area contributed by atoms with Crippen molar-refractivity contribution in [3.8, 4) is 0 Å². The van der Waals surface area contributed by atoms with Crippen LogP contribution in [0.4, 0.5) is 11.4 Å². The molecule has 1 saturated heterocycles. The lowest BCUT2D eigenvalue weighted by Crippen LogP contribution is -2.37. The molecule has 1 N–H and O–H groups in total. The molecule has 31 heavy (non-hydrogen) atoms. The van der Waals surface area contributed by atoms with Crippen molar-refractivity contribution >= 4 is 39.2 Å². The lowest BCUT2D eigenvalue weighted by atomic mass is 10.1. The summed E-state index contributed by atoms with van der Waals surface area (Å²) in [6.45, 7) is 0.399. The van der Waals surface area contributed by atoms with Gasteiger partial charge in [0.15, 0.2) is 0 Å². The second-order valence-corrected chi connectivity index (χ2v) is 8.85. The molecule has 164 valence electrons. The number of amides is 1. The van der Waals surface area contributed by atoms with Crippen LogP contribution in [0, 0.1) is 0 Å². The Morgan fingerprint density at radius 3 is 2.16 bits per heavy atom. The van der Waals surface area contributed by atoms with E-state index >= 15 is 0 Å². The van der Waals surface area contributed by atoms with Crippen molar-refractivity contribution in [1.29, 1.82) is 0 Å². The Hall–Kier alpha value is -3.40. The zero-order valence-corrected chi connectivity index (χ0v) is 17.9. The number of rotatable bonds is 5. The number of nitrogens with one attached hydrogen (secondary N) is 1. The first-order valence-corrected chi connectivity index (χ1v) is 11.1. The summed E-state index contributed by atoms with van der Waals surface area (Å²) in [5.74, 6) is -1.75. The van der Waals surface area contributed by atoms with Gasteiger partial charge in [0.05, 0.1) is 42.5 Å². The molecule has 2 aromatic rings. The van der Waals surface area contributed by atoms with Crippen LogP contribution < -0.4 is 9.62 Å². The molecule has 0 unspecified atom stereocenters. The van der Waals surface area contributed by atoms with Gasteiger partial charge in [-0.15, -0.1) is 0 Å². The highest BCUT2D eigenvalue weighted by atomic mass is 32.2. The van der Waals surface area contributed by atoms with Crippen LogP contribution in [0.15, 0.2) is 42.5 Å². The smallest absolute Gasteiger partial charge is 0.339 e. The molecule has 0 spiro atoms. The van der Waals surface area contributed by atoms with Crippen LogP contribution in [0.3, 0.4) is 0 Å². The fourth-order valence-electron chi connectivity index (χ4n) is 3.23. The number of hydrogen-bond donors (Lipinski definition) is 1. The summed E-state index contributed by atoms with van der Waals surface area (Å²) in [6, 6.07) is 10.2. The second kappa shape index (κ2) is 9.17. The molecule has 9 nitrogen and oxygen atoms in total. The second-order valence-electron chi connectivity index (χ2n) is 6.84. The molecule has 2 aromatic carbocycles. The molecule has 1 aliphatic rings. The average molecular weight is 446 g/mol. The van der Waals surface area contributed by atoms with Crippen molar-refractivity contribution in [2.24, 2.45) is 0 Å². The summed E-state index contributed by atoms with van der Waals surface area (Å²) in [7, 11) is -0.929. The summed E-state index contributed by atoms with van der Waals surface area (Å²) in [4.78, 5) is 36.6. The van der Waals surface area contributed by atoms with E-state index in [2.05, 4.69) is 10.1 Å². The molecule has 0 aromatic heterocycles. The molecule has 3 rings (SSSR count). The quantitative estimate of drug-likeness (QED) is 0.701. The zero-order valence-electron chi connectivity index (χ0n) is 17.1. The number of carbonyl (C=O) groups is 3. The fourth-order valence-corrected chi connectivity index (χ4v) is 4.87. The van der Waals surface area contributed by atoms with Crippen LogP contribution in [-0.2, 0) is 19.5 Å². The first-order valence-electron chi connectivity index (χ1n) is 9.49. The van der Waals surface area contributed by atoms with Crippen molar-refractivity contribution in [3.05, 3.63) is 59.2 Å². The number of benzene rings is 2. The normalized spacial score (nSPS) is 15.1. The van der Waals surface area contributed by atoms with E-state index in [9.17, 15) is 22.8 Å². The standard InChI is InChI=1S/C21H22N2O7S/c1-29-20(25)15-7-10-17(21(26)30-2)18(13-15)22-19(24)14-5-8-16(9-6-14)23-11-3-4-12-31(23,27)28/h5-10,13H,3-4,11-12H2,1-2H3,(H,22,24). The van der Waals surface area contributed by atoms with E-state index in [1.165, 1.54) is 48.9 Å². The highest BCUT2D eigenvalue weighted by Crippen LogP contribution is 2.25. The SMILES string of the molecule is COC(=O)c1ccc(C(=O)OC)c(NC(=O)c2ccc(N3CCCCS3(=O)=O)cc2)c1. The number of ether oxygens (including phenoxy) is 2. The van der Waals surface area contributed by atoms with Gasteiger partial charge >= 0.3 is 11.9 Å². The van der Waals surface area contributed by atoms with Crippen molar-refractivity contribution in [3.63, 3.8) is 0 Å². The third-order valence-corrected chi connectivity index (χ3v) is 6.73. The molecule has 10 heteroatoms. The monoisotopic (exact) mass is 446 g/mol. The van der Waals surface area contributed by atoms with E-state index in [-0.39, 0.29) is 28.1 Å². The Morgan fingerprint density at radius 2 is 1.55 bits per heavy atom. The van der Waals surface area contributed by atoms with Crippen LogP contribution >= 0.6 is 0 Å². The predicted octanol–water partition coefficient (Wildman–Crippen LogP) is 2.44. The van der Waals surface area contributed by atoms with Gasteiger partial charge in [-0.1, -0.05) is 0 Å². The first kappa shape index (κ1) is 22.3. The zero-order chi connectivity index (χ0) is 22.6. The Morgan fingerprint density at radius 1 is 0.903 bits per heavy atom. The average Bonchev–Trinajstić information content (AvgIpc) is 2.77. The summed E-state index contributed by atoms with van der Waals surface area (Å²) < 4.78 is 35.2. The van der Waals surface area contributed by atoms with Gasteiger partial charge in [0.1, 0.15) is 0 Å². The van der Waals surface area contributed by atoms with Gasteiger partial charge in [-0.2, -0.15) is 0 Å². The third-order valence-electron chi connectivity index (χ3n) is 4.86. The molecule has 0 saturated carbocycles. The minimum Gasteiger partial charge on any atom is -0.465 e. The first-order chi connectivity index (χ1) is 14.8. The molecule has 1 aliphatic heterocycles. The van der Waals surface area contributed by atoms with E-state index in [0.29, 0.717) is 18.7 Å². The van der Waals surface area contributed by atoms with Gasteiger partial charge in [0.25, 0.3) is 5.91 Å². The van der Waals surface area contributed by atoms with Crippen LogP contribution in [0.5, 0.6) is 0 Å². The summed E-state index contributed by atoms with van der Waals surface area (Å²) >= 11 is 0. The molecule has 0 radical (unpaired) electrons. The Balaban J connectivity index is 1.85. The highest BCUT2D eigenvalue weighted by Gasteiger charge is 2.26. The highest BCUT2D eigenvalue weighted by molar-refractivity contribution is 7.92. The molecule has 1 amide bonds. The molecule has 0 aliphatic carbocycles. The largest absolute Gasteiger partial charge is 0.465 e. The lowest BCUT2D eigenvalue weighted by Gasteiger charge is -2.28. The minimum absolute atomic E-state index is 0.0690. The Labute approximate surface area is 180 Å². The Bertz CT molecular complexity index is 1110. The van der Waals surface area contributed by atoms with Crippen molar-refractivity contribution in [2.75, 3.05) is 36.1 Å². The number of methoxy groups -OCH3 is 2. The molecule has 0 atom stereocenters. The fraction of sp³-hybridized carbons (Fsp3) is 0.286. The van der Waals surface area contributed by atoms with Crippen LogP contribution in [0.1, 0.15) is 43.9 Å². The molecule has 1 fully saturated rings. The van der Waals surface area contributed by atoms with Crippen LogP contribution in [0.2, 0.25) is 0 Å². The summed E-state index contributed by atoms with van der Waals surface area (Å²) in [5, 5.41) is 2.60. The molecular formula is C21H22N2O7S. The number of esters is 2. The van der Waals surface area contributed by atoms with E-state index in [0.717, 1.165) is 6.42 Å². The number of nitrogens with zero attached hydrogens (tertiary/aromatic N) is 1. The maximum absolute atomic E-state index is 12.7. The summed E-state index contributed by atoms with van der Waals surface area (Å²) in [5.41, 5.74) is 1.04. The number of hydrogen-bond acceptors (Lipinski definition) is 7. The minimum atomic E-state index is -3.35. The van der Waals surface area contributed by atoms with Gasteiger partial charge in [0, 0.05) is 12.1 Å². The number of sulfonamides is 1. The molecule has 0 bridgehead atoms. The van der Waals surface area contributed by atoms with Crippen molar-refractivity contribution in [1.82, 2.24) is 0 Å². The predicted molar refractivity (Wildman–Crippen MR) is 114 cm³/mol. The molecule has 1 heterocycles. The van der Waals surface area contributed by atoms with Gasteiger partial charge in [0.2, 0.25) is 10.0 Å². The number of carbonyl (C=O) groups excluding carboxylic acids is 3. The van der Waals surface area contributed by atoms with E-state index in [1.54, 1.807) is 12.1 Å². The lowest BCUT2D eigenvalue weighted by molar-refractivity contribution is 0.0587. The molecular weight excluding hydrogens is 424 g/mol. The van der Waals surface area contributed by atoms with E-state index in [1.807, 2.05) is 0 Å². The Kier molecular flexibility index (Phi) is 6.59. The van der Waals surface area contributed by atoms with E-state index < -0.39 is 27.9 Å². The number of anilines is 2. The van der Waals surface area contributed by atoms with Crippen molar-refractivity contribution in [2.45, 2.75) is 12.8 Å². The van der Waals surface area contributed by atoms with Crippen LogP contribution in [0.25, 0.3) is 0 Å². The maximum atomic E-state index is 12.7.